The Balaban J connectivity index is 1.92. The SMILES string of the molecule is C[C@H](CCc1cccn1C)NC(=O)c1ccc(S(C)(=O)=O)cc1. The van der Waals surface area contributed by atoms with Gasteiger partial charge in [-0.1, -0.05) is 0 Å². The van der Waals surface area contributed by atoms with Crippen LogP contribution in [0.5, 0.6) is 0 Å². The second kappa shape index (κ2) is 7.00. The van der Waals surface area contributed by atoms with E-state index in [4.69, 9.17) is 0 Å². The minimum absolute atomic E-state index is 0.0342. The van der Waals surface area contributed by atoms with Gasteiger partial charge in [0.2, 0.25) is 0 Å². The number of hydrogen-bond acceptors (Lipinski definition) is 3. The number of carbonyl (C=O) groups is 1. The number of benzene rings is 1. The van der Waals surface area contributed by atoms with Gasteiger partial charge in [0, 0.05) is 36.8 Å². The van der Waals surface area contributed by atoms with E-state index in [1.165, 1.54) is 30.0 Å². The predicted octanol–water partition coefficient (Wildman–Crippen LogP) is 2.18. The van der Waals surface area contributed by atoms with E-state index in [9.17, 15) is 13.2 Å². The van der Waals surface area contributed by atoms with Crippen molar-refractivity contribution in [3.8, 4) is 0 Å². The monoisotopic (exact) mass is 334 g/mol. The maximum Gasteiger partial charge on any atom is 0.251 e. The quantitative estimate of drug-likeness (QED) is 0.880. The molecule has 1 N–H and O–H groups in total. The molecule has 0 radical (unpaired) electrons. The fourth-order valence-corrected chi connectivity index (χ4v) is 2.98. The van der Waals surface area contributed by atoms with Crippen LogP contribution in [0.25, 0.3) is 0 Å². The molecule has 0 spiro atoms. The molecule has 0 unspecified atom stereocenters. The lowest BCUT2D eigenvalue weighted by Crippen LogP contribution is -2.33. The van der Waals surface area contributed by atoms with Crippen LogP contribution in [0.15, 0.2) is 47.5 Å². The molecule has 1 atom stereocenters. The number of rotatable bonds is 6. The molecule has 1 aromatic carbocycles. The maximum atomic E-state index is 12.2. The maximum absolute atomic E-state index is 12.2. The standard InChI is InChI=1S/C17H22N2O3S/c1-13(6-9-15-5-4-12-19(15)2)18-17(20)14-7-10-16(11-8-14)23(3,21)22/h4-5,7-8,10-13H,6,9H2,1-3H3,(H,18,20)/t13-/m1/s1. The van der Waals surface area contributed by atoms with Crippen molar-refractivity contribution in [3.63, 3.8) is 0 Å². The molecule has 2 aromatic rings. The van der Waals surface area contributed by atoms with Crippen LogP contribution in [0, 0.1) is 0 Å². The molecule has 0 aliphatic carbocycles. The molecule has 6 heteroatoms. The van der Waals surface area contributed by atoms with Gasteiger partial charge in [-0.2, -0.15) is 0 Å². The van der Waals surface area contributed by atoms with Crippen LogP contribution < -0.4 is 5.32 Å². The third-order valence-electron chi connectivity index (χ3n) is 3.81. The van der Waals surface area contributed by atoms with Crippen molar-refractivity contribution in [2.45, 2.75) is 30.7 Å². The zero-order valence-electron chi connectivity index (χ0n) is 13.6. The molecule has 0 bridgehead atoms. The first-order valence-corrected chi connectivity index (χ1v) is 9.37. The molecular formula is C17H22N2O3S. The van der Waals surface area contributed by atoms with E-state index >= 15 is 0 Å². The van der Waals surface area contributed by atoms with Gasteiger partial charge in [0.1, 0.15) is 0 Å². The molecule has 23 heavy (non-hydrogen) atoms. The van der Waals surface area contributed by atoms with Gasteiger partial charge in [0.15, 0.2) is 9.84 Å². The number of aromatic nitrogens is 1. The number of amides is 1. The van der Waals surface area contributed by atoms with Crippen molar-refractivity contribution in [2.24, 2.45) is 7.05 Å². The normalized spacial score (nSPS) is 12.8. The third-order valence-corrected chi connectivity index (χ3v) is 4.94. The van der Waals surface area contributed by atoms with Crippen LogP contribution in [0.3, 0.4) is 0 Å². The van der Waals surface area contributed by atoms with E-state index in [1.54, 1.807) is 0 Å². The van der Waals surface area contributed by atoms with E-state index in [0.29, 0.717) is 5.56 Å². The largest absolute Gasteiger partial charge is 0.354 e. The number of nitrogens with one attached hydrogen (secondary N) is 1. The molecule has 5 nitrogen and oxygen atoms in total. The Kier molecular flexibility index (Phi) is 5.26. The highest BCUT2D eigenvalue weighted by molar-refractivity contribution is 7.90. The number of aryl methyl sites for hydroxylation is 2. The molecule has 0 aliphatic rings. The molecular weight excluding hydrogens is 312 g/mol. The summed E-state index contributed by atoms with van der Waals surface area (Å²) >= 11 is 0. The molecule has 0 fully saturated rings. The second-order valence-electron chi connectivity index (χ2n) is 5.82. The lowest BCUT2D eigenvalue weighted by Gasteiger charge is -2.14. The van der Waals surface area contributed by atoms with Crippen molar-refractivity contribution in [2.75, 3.05) is 6.26 Å². The average molecular weight is 334 g/mol. The number of carbonyl (C=O) groups excluding carboxylic acids is 1. The van der Waals surface area contributed by atoms with Gasteiger partial charge in [-0.15, -0.1) is 0 Å². The van der Waals surface area contributed by atoms with Crippen LogP contribution in [-0.4, -0.2) is 31.2 Å². The Hall–Kier alpha value is -2.08. The molecule has 124 valence electrons. The topological polar surface area (TPSA) is 68.2 Å². The van der Waals surface area contributed by atoms with Gasteiger partial charge in [-0.05, 0) is 56.2 Å². The van der Waals surface area contributed by atoms with Gasteiger partial charge in [0.25, 0.3) is 5.91 Å². The van der Waals surface area contributed by atoms with Crippen LogP contribution >= 0.6 is 0 Å². The van der Waals surface area contributed by atoms with E-state index in [-0.39, 0.29) is 16.8 Å². The summed E-state index contributed by atoms with van der Waals surface area (Å²) in [6.45, 7) is 1.96. The van der Waals surface area contributed by atoms with Crippen molar-refractivity contribution in [3.05, 3.63) is 53.9 Å². The lowest BCUT2D eigenvalue weighted by atomic mass is 10.1. The summed E-state index contributed by atoms with van der Waals surface area (Å²) in [5.41, 5.74) is 1.69. The summed E-state index contributed by atoms with van der Waals surface area (Å²) in [5, 5.41) is 2.94. The molecule has 1 amide bonds. The first-order valence-electron chi connectivity index (χ1n) is 7.48. The van der Waals surface area contributed by atoms with Gasteiger partial charge in [0.05, 0.1) is 4.90 Å². The van der Waals surface area contributed by atoms with Gasteiger partial charge in [-0.25, -0.2) is 8.42 Å². The molecule has 0 saturated carbocycles. The molecule has 0 aliphatic heterocycles. The Morgan fingerprint density at radius 2 is 1.87 bits per heavy atom. The van der Waals surface area contributed by atoms with Gasteiger partial charge in [-0.3, -0.25) is 4.79 Å². The predicted molar refractivity (Wildman–Crippen MR) is 90.2 cm³/mol. The first kappa shape index (κ1) is 17.3. The summed E-state index contributed by atoms with van der Waals surface area (Å²) in [6, 6.07) is 10.1. The van der Waals surface area contributed by atoms with E-state index in [2.05, 4.69) is 16.0 Å². The van der Waals surface area contributed by atoms with E-state index in [1.807, 2.05) is 26.2 Å². The zero-order chi connectivity index (χ0) is 17.0. The van der Waals surface area contributed by atoms with E-state index in [0.717, 1.165) is 19.1 Å². The van der Waals surface area contributed by atoms with Crippen molar-refractivity contribution < 1.29 is 13.2 Å². The van der Waals surface area contributed by atoms with Crippen LogP contribution in [0.4, 0.5) is 0 Å². The Labute approximate surface area is 137 Å². The van der Waals surface area contributed by atoms with Crippen LogP contribution in [-0.2, 0) is 23.3 Å². The molecule has 1 aromatic heterocycles. The first-order chi connectivity index (χ1) is 10.8. The molecule has 2 rings (SSSR count). The van der Waals surface area contributed by atoms with Crippen molar-refractivity contribution in [1.82, 2.24) is 9.88 Å². The Bertz CT molecular complexity index is 776. The fraction of sp³-hybridized carbons (Fsp3) is 0.353. The molecule has 1 heterocycles. The summed E-state index contributed by atoms with van der Waals surface area (Å²) in [5.74, 6) is -0.190. The minimum atomic E-state index is -3.24. The Morgan fingerprint density at radius 1 is 1.22 bits per heavy atom. The van der Waals surface area contributed by atoms with Gasteiger partial charge < -0.3 is 9.88 Å². The van der Waals surface area contributed by atoms with Gasteiger partial charge >= 0.3 is 0 Å². The number of hydrogen-bond donors (Lipinski definition) is 1. The highest BCUT2D eigenvalue weighted by Gasteiger charge is 2.12. The van der Waals surface area contributed by atoms with Crippen molar-refractivity contribution >= 4 is 15.7 Å². The summed E-state index contributed by atoms with van der Waals surface area (Å²) in [4.78, 5) is 12.4. The third kappa shape index (κ3) is 4.69. The summed E-state index contributed by atoms with van der Waals surface area (Å²) in [6.07, 6.45) is 4.87. The van der Waals surface area contributed by atoms with Crippen LogP contribution in [0.2, 0.25) is 0 Å². The highest BCUT2D eigenvalue weighted by atomic mass is 32.2. The van der Waals surface area contributed by atoms with Crippen molar-refractivity contribution in [1.29, 1.82) is 0 Å². The highest BCUT2D eigenvalue weighted by Crippen LogP contribution is 2.11. The zero-order valence-corrected chi connectivity index (χ0v) is 14.4. The smallest absolute Gasteiger partial charge is 0.251 e. The number of sulfone groups is 1. The summed E-state index contributed by atoms with van der Waals surface area (Å²) in [7, 11) is -1.24. The number of nitrogens with zero attached hydrogens (tertiary/aromatic N) is 1. The summed E-state index contributed by atoms with van der Waals surface area (Å²) < 4.78 is 24.9. The minimum Gasteiger partial charge on any atom is -0.354 e. The average Bonchev–Trinajstić information content (AvgIpc) is 2.89. The second-order valence-corrected chi connectivity index (χ2v) is 7.84. The lowest BCUT2D eigenvalue weighted by molar-refractivity contribution is 0.0938. The van der Waals surface area contributed by atoms with Crippen LogP contribution in [0.1, 0.15) is 29.4 Å². The fourth-order valence-electron chi connectivity index (χ4n) is 2.35. The Morgan fingerprint density at radius 3 is 2.39 bits per heavy atom. The molecule has 0 saturated heterocycles. The van der Waals surface area contributed by atoms with E-state index < -0.39 is 9.84 Å².